The Kier molecular flexibility index (Phi) is 17.5. The van der Waals surface area contributed by atoms with Gasteiger partial charge in [0.25, 0.3) is 6.20 Å². The molecular formula is C19H28N4O10SZn. The fourth-order valence-corrected chi connectivity index (χ4v) is 3.07. The maximum absolute atomic E-state index is 10.3. The standard InChI is InChI=1S/C13H22N4O3S.C6H8O7.Zn/c1-14-13(9-17(18)19)15-6-7-21-10-12-5-4-11(20-12)8-16(2)3;7-3(8)1-6(13,5(11)12)2-4(9)10;/h4-5,9,14-15H,6-8,10H2,1-3H3;13H,1-2H2,(H,7,8)(H,9,10)(H,11,12);/q;;+2/p-2/b13-9-;;. The number of hydrogen-bond acceptors (Lipinski definition) is 13. The number of carboxylic acids is 3. The third-order valence-electron chi connectivity index (χ3n) is 3.76. The van der Waals surface area contributed by atoms with E-state index in [1.807, 2.05) is 26.2 Å². The van der Waals surface area contributed by atoms with Crippen LogP contribution in [0.5, 0.6) is 0 Å². The van der Waals surface area contributed by atoms with E-state index in [1.54, 1.807) is 18.8 Å². The van der Waals surface area contributed by atoms with Crippen molar-refractivity contribution in [1.82, 2.24) is 15.5 Å². The van der Waals surface area contributed by atoms with Gasteiger partial charge in [0, 0.05) is 31.7 Å². The van der Waals surface area contributed by atoms with E-state index in [0.717, 1.165) is 35.8 Å². The minimum Gasteiger partial charge on any atom is -0.550 e. The minimum atomic E-state index is -2.91. The number of thioether (sulfide) groups is 1. The van der Waals surface area contributed by atoms with Crippen LogP contribution < -0.4 is 20.8 Å². The van der Waals surface area contributed by atoms with E-state index in [2.05, 4.69) is 15.5 Å². The molecule has 35 heavy (non-hydrogen) atoms. The van der Waals surface area contributed by atoms with Crippen molar-refractivity contribution >= 4 is 29.7 Å². The molecule has 0 saturated carbocycles. The van der Waals surface area contributed by atoms with Crippen LogP contribution in [0.1, 0.15) is 24.4 Å². The molecule has 192 valence electrons. The van der Waals surface area contributed by atoms with Crippen LogP contribution in [-0.2, 0) is 46.2 Å². The maximum Gasteiger partial charge on any atom is 2.00 e. The van der Waals surface area contributed by atoms with E-state index < -0.39 is 41.3 Å². The second-order valence-electron chi connectivity index (χ2n) is 7.10. The first-order chi connectivity index (χ1) is 15.8. The Labute approximate surface area is 218 Å². The van der Waals surface area contributed by atoms with Gasteiger partial charge in [-0.05, 0) is 26.2 Å². The number of carboxylic acid groups (broad SMARTS) is 3. The molecule has 0 radical (unpaired) electrons. The molecule has 0 aromatic carbocycles. The second-order valence-corrected chi connectivity index (χ2v) is 8.21. The number of carbonyl (C=O) groups is 3. The fourth-order valence-electron chi connectivity index (χ4n) is 2.33. The van der Waals surface area contributed by atoms with Gasteiger partial charge < -0.3 is 50.0 Å². The molecule has 1 rings (SSSR count). The molecule has 1 aromatic heterocycles. The van der Waals surface area contributed by atoms with Crippen LogP contribution in [0, 0.1) is 10.1 Å². The summed E-state index contributed by atoms with van der Waals surface area (Å²) in [6.07, 6.45) is -1.64. The summed E-state index contributed by atoms with van der Waals surface area (Å²) >= 11 is 1.72. The molecular weight excluding hydrogens is 542 g/mol. The van der Waals surface area contributed by atoms with Gasteiger partial charge in [0.1, 0.15) is 17.1 Å². The summed E-state index contributed by atoms with van der Waals surface area (Å²) in [6, 6.07) is 3.98. The quantitative estimate of drug-likeness (QED) is 0.0744. The number of nitrogens with one attached hydrogen (secondary N) is 2. The average Bonchev–Trinajstić information content (AvgIpc) is 3.12. The average molecular weight is 570 g/mol. The van der Waals surface area contributed by atoms with Crippen molar-refractivity contribution in [3.8, 4) is 0 Å². The van der Waals surface area contributed by atoms with Crippen molar-refractivity contribution < 1.29 is 63.6 Å². The molecule has 0 saturated heterocycles. The number of nitrogens with zero attached hydrogens (tertiary/aromatic N) is 2. The van der Waals surface area contributed by atoms with Crippen LogP contribution in [0.25, 0.3) is 0 Å². The van der Waals surface area contributed by atoms with Crippen LogP contribution in [0.2, 0.25) is 0 Å². The fraction of sp³-hybridized carbons (Fsp3) is 0.526. The molecule has 0 aliphatic carbocycles. The van der Waals surface area contributed by atoms with Crippen molar-refractivity contribution in [1.29, 1.82) is 0 Å². The van der Waals surface area contributed by atoms with Gasteiger partial charge >= 0.3 is 25.4 Å². The SMILES string of the molecule is CN/C(=C/[N+](=O)[O-])NCCSCc1ccc(CN(C)C)o1.O=C([O-])CC(O)(CC(=O)O)C(=O)[O-].[Zn+2]. The summed E-state index contributed by atoms with van der Waals surface area (Å²) < 4.78 is 5.70. The predicted molar refractivity (Wildman–Crippen MR) is 116 cm³/mol. The van der Waals surface area contributed by atoms with Gasteiger partial charge in [-0.3, -0.25) is 14.9 Å². The van der Waals surface area contributed by atoms with Crippen LogP contribution in [0.3, 0.4) is 0 Å². The van der Waals surface area contributed by atoms with Crippen molar-refractivity contribution in [3.05, 3.63) is 45.8 Å². The van der Waals surface area contributed by atoms with E-state index in [9.17, 15) is 34.7 Å². The van der Waals surface area contributed by atoms with E-state index in [1.165, 1.54) is 0 Å². The third kappa shape index (κ3) is 16.6. The molecule has 0 aliphatic heterocycles. The van der Waals surface area contributed by atoms with E-state index in [4.69, 9.17) is 14.6 Å². The summed E-state index contributed by atoms with van der Waals surface area (Å²) in [5.74, 6) is -1.72. The van der Waals surface area contributed by atoms with Gasteiger partial charge in [-0.1, -0.05) is 0 Å². The summed E-state index contributed by atoms with van der Waals surface area (Å²) in [5, 5.41) is 53.3. The van der Waals surface area contributed by atoms with Crippen LogP contribution in [-0.4, -0.2) is 77.0 Å². The number of furan rings is 1. The molecule has 4 N–H and O–H groups in total. The number of aliphatic hydroxyl groups is 1. The monoisotopic (exact) mass is 568 g/mol. The van der Waals surface area contributed by atoms with Gasteiger partial charge in [0.2, 0.25) is 0 Å². The van der Waals surface area contributed by atoms with Gasteiger partial charge in [-0.25, -0.2) is 0 Å². The predicted octanol–water partition coefficient (Wildman–Crippen LogP) is -2.46. The molecule has 0 fully saturated rings. The van der Waals surface area contributed by atoms with Crippen LogP contribution in [0.4, 0.5) is 0 Å². The zero-order valence-corrected chi connectivity index (χ0v) is 23.4. The molecule has 1 aromatic rings. The van der Waals surface area contributed by atoms with Gasteiger partial charge in [0.15, 0.2) is 5.82 Å². The number of hydrogen-bond donors (Lipinski definition) is 4. The van der Waals surface area contributed by atoms with E-state index in [0.29, 0.717) is 12.4 Å². The summed E-state index contributed by atoms with van der Waals surface area (Å²) in [7, 11) is 5.64. The number of aliphatic carboxylic acids is 3. The zero-order valence-electron chi connectivity index (χ0n) is 19.6. The molecule has 1 heterocycles. The molecule has 0 bridgehead atoms. The normalized spacial score (nSPS) is 12.4. The first-order valence-electron chi connectivity index (χ1n) is 9.71. The molecule has 14 nitrogen and oxygen atoms in total. The Bertz CT molecular complexity index is 846. The Hall–Kier alpha value is -2.68. The minimum absolute atomic E-state index is 0. The molecule has 16 heteroatoms. The van der Waals surface area contributed by atoms with Crippen molar-refractivity contribution in [2.24, 2.45) is 0 Å². The third-order valence-corrected chi connectivity index (χ3v) is 4.74. The summed E-state index contributed by atoms with van der Waals surface area (Å²) in [6.45, 7) is 1.44. The molecule has 0 aliphatic rings. The Morgan fingerprint density at radius 3 is 2.29 bits per heavy atom. The Balaban J connectivity index is 0. The maximum atomic E-state index is 10.3. The zero-order chi connectivity index (χ0) is 26.3. The Morgan fingerprint density at radius 1 is 1.23 bits per heavy atom. The second kappa shape index (κ2) is 17.7. The first kappa shape index (κ1) is 34.5. The van der Waals surface area contributed by atoms with E-state index in [-0.39, 0.29) is 19.5 Å². The van der Waals surface area contributed by atoms with Crippen molar-refractivity contribution in [2.45, 2.75) is 30.7 Å². The van der Waals surface area contributed by atoms with Crippen LogP contribution >= 0.6 is 11.8 Å². The summed E-state index contributed by atoms with van der Waals surface area (Å²) in [4.78, 5) is 42.1. The number of carbonyl (C=O) groups excluding carboxylic acids is 2. The van der Waals surface area contributed by atoms with Crippen molar-refractivity contribution in [2.75, 3.05) is 33.4 Å². The Morgan fingerprint density at radius 2 is 1.83 bits per heavy atom. The molecule has 0 spiro atoms. The van der Waals surface area contributed by atoms with Gasteiger partial charge in [0.05, 0.1) is 29.6 Å². The first-order valence-corrected chi connectivity index (χ1v) is 10.9. The van der Waals surface area contributed by atoms with E-state index >= 15 is 0 Å². The topological polar surface area (TPSA) is 221 Å². The molecule has 1 atom stereocenters. The van der Waals surface area contributed by atoms with Crippen molar-refractivity contribution in [3.63, 3.8) is 0 Å². The smallest absolute Gasteiger partial charge is 0.550 e. The molecule has 1 unspecified atom stereocenters. The number of rotatable bonds is 15. The number of nitro groups is 1. The van der Waals surface area contributed by atoms with Gasteiger partial charge in [-0.2, -0.15) is 11.8 Å². The summed E-state index contributed by atoms with van der Waals surface area (Å²) in [5.41, 5.74) is -2.91. The molecule has 0 amide bonds. The van der Waals surface area contributed by atoms with Crippen LogP contribution in [0.15, 0.2) is 28.6 Å². The van der Waals surface area contributed by atoms with Gasteiger partial charge in [-0.15, -0.1) is 0 Å². The largest absolute Gasteiger partial charge is 2.00 e.